The lowest BCUT2D eigenvalue weighted by Gasteiger charge is -2.03. The van der Waals surface area contributed by atoms with Gasteiger partial charge in [0.15, 0.2) is 4.80 Å². The molecule has 1 heterocycles. The van der Waals surface area contributed by atoms with Crippen LogP contribution in [0.4, 0.5) is 0 Å². The van der Waals surface area contributed by atoms with E-state index < -0.39 is 0 Å². The molecule has 3 aromatic carbocycles. The van der Waals surface area contributed by atoms with E-state index in [0.717, 1.165) is 14.7 Å². The van der Waals surface area contributed by atoms with Gasteiger partial charge in [-0.25, -0.2) is 0 Å². The van der Waals surface area contributed by atoms with Crippen LogP contribution in [0.25, 0.3) is 21.0 Å². The number of amides is 1. The van der Waals surface area contributed by atoms with Crippen molar-refractivity contribution in [1.29, 1.82) is 0 Å². The summed E-state index contributed by atoms with van der Waals surface area (Å²) >= 11 is 4.92. The lowest BCUT2D eigenvalue weighted by molar-refractivity contribution is 0.0998. The molecular weight excluding hydrogens is 408 g/mol. The number of rotatable bonds is 3. The third kappa shape index (κ3) is 3.04. The maximum atomic E-state index is 12.6. The predicted molar refractivity (Wildman–Crippen MR) is 112 cm³/mol. The van der Waals surface area contributed by atoms with Gasteiger partial charge in [-0.15, -0.1) is 6.58 Å². The SMILES string of the molecule is C=CCn1c(=NC(=O)c2ccc(Br)cc2)sc2c3ccccc3ccc21. The molecule has 0 saturated heterocycles. The van der Waals surface area contributed by atoms with Crippen LogP contribution in [0.1, 0.15) is 10.4 Å². The average Bonchev–Trinajstić information content (AvgIpc) is 3.00. The fourth-order valence-electron chi connectivity index (χ4n) is 2.93. The van der Waals surface area contributed by atoms with E-state index in [9.17, 15) is 4.79 Å². The number of halogens is 1. The van der Waals surface area contributed by atoms with Crippen molar-refractivity contribution in [3.05, 3.63) is 88.2 Å². The highest BCUT2D eigenvalue weighted by molar-refractivity contribution is 9.10. The molecule has 0 N–H and O–H groups in total. The van der Waals surface area contributed by atoms with E-state index >= 15 is 0 Å². The quantitative estimate of drug-likeness (QED) is 0.398. The van der Waals surface area contributed by atoms with Gasteiger partial charge in [0, 0.05) is 22.0 Å². The summed E-state index contributed by atoms with van der Waals surface area (Å²) < 4.78 is 4.10. The van der Waals surface area contributed by atoms with Crippen LogP contribution in [0.15, 0.2) is 82.8 Å². The molecule has 5 heteroatoms. The van der Waals surface area contributed by atoms with Crippen LogP contribution in [0, 0.1) is 0 Å². The van der Waals surface area contributed by atoms with Gasteiger partial charge in [-0.05, 0) is 35.7 Å². The summed E-state index contributed by atoms with van der Waals surface area (Å²) in [7, 11) is 0. The Morgan fingerprint density at radius 2 is 1.88 bits per heavy atom. The van der Waals surface area contributed by atoms with Crippen LogP contribution < -0.4 is 4.80 Å². The highest BCUT2D eigenvalue weighted by atomic mass is 79.9. The van der Waals surface area contributed by atoms with Gasteiger partial charge < -0.3 is 4.57 Å². The zero-order valence-corrected chi connectivity index (χ0v) is 16.3. The number of carbonyl (C=O) groups excluding carboxylic acids is 1. The lowest BCUT2D eigenvalue weighted by Crippen LogP contribution is -2.16. The van der Waals surface area contributed by atoms with Gasteiger partial charge in [-0.1, -0.05) is 63.7 Å². The molecule has 0 aliphatic heterocycles. The van der Waals surface area contributed by atoms with Crippen LogP contribution in [0.5, 0.6) is 0 Å². The second-order valence-corrected chi connectivity index (χ2v) is 7.74. The lowest BCUT2D eigenvalue weighted by atomic mass is 10.1. The summed E-state index contributed by atoms with van der Waals surface area (Å²) in [6.07, 6.45) is 1.82. The summed E-state index contributed by atoms with van der Waals surface area (Å²) in [5, 5.41) is 2.35. The van der Waals surface area contributed by atoms with E-state index in [-0.39, 0.29) is 5.91 Å². The third-order valence-corrected chi connectivity index (χ3v) is 5.83. The monoisotopic (exact) mass is 422 g/mol. The topological polar surface area (TPSA) is 34.4 Å². The van der Waals surface area contributed by atoms with Crippen LogP contribution in [-0.2, 0) is 6.54 Å². The average molecular weight is 423 g/mol. The highest BCUT2D eigenvalue weighted by Gasteiger charge is 2.11. The molecule has 26 heavy (non-hydrogen) atoms. The van der Waals surface area contributed by atoms with Crippen molar-refractivity contribution in [3.8, 4) is 0 Å². The number of fused-ring (bicyclic) bond motifs is 3. The first-order valence-corrected chi connectivity index (χ1v) is 9.75. The summed E-state index contributed by atoms with van der Waals surface area (Å²) in [6, 6.07) is 19.7. The summed E-state index contributed by atoms with van der Waals surface area (Å²) in [6.45, 7) is 4.45. The first kappa shape index (κ1) is 16.9. The number of thiazole rings is 1. The minimum Gasteiger partial charge on any atom is -0.312 e. The van der Waals surface area contributed by atoms with Crippen molar-refractivity contribution in [3.63, 3.8) is 0 Å². The van der Waals surface area contributed by atoms with Crippen molar-refractivity contribution < 1.29 is 4.79 Å². The van der Waals surface area contributed by atoms with E-state index in [0.29, 0.717) is 16.9 Å². The van der Waals surface area contributed by atoms with Gasteiger partial charge in [0.25, 0.3) is 5.91 Å². The molecule has 0 aliphatic rings. The molecule has 0 bridgehead atoms. The Bertz CT molecular complexity index is 1200. The normalized spacial score (nSPS) is 12.0. The number of allylic oxidation sites excluding steroid dienone is 1. The van der Waals surface area contributed by atoms with Gasteiger partial charge in [0.1, 0.15) is 0 Å². The number of aromatic nitrogens is 1. The van der Waals surface area contributed by atoms with Crippen LogP contribution >= 0.6 is 27.3 Å². The fraction of sp³-hybridized carbons (Fsp3) is 0.0476. The van der Waals surface area contributed by atoms with Gasteiger partial charge in [-0.3, -0.25) is 4.79 Å². The number of benzene rings is 3. The van der Waals surface area contributed by atoms with Crippen LogP contribution in [0.2, 0.25) is 0 Å². The second kappa shape index (κ2) is 7.02. The first-order chi connectivity index (χ1) is 12.7. The molecule has 4 rings (SSSR count). The number of carbonyl (C=O) groups is 1. The molecular formula is C21H15BrN2OS. The zero-order valence-electron chi connectivity index (χ0n) is 13.9. The van der Waals surface area contributed by atoms with Crippen molar-refractivity contribution in [2.24, 2.45) is 4.99 Å². The largest absolute Gasteiger partial charge is 0.312 e. The van der Waals surface area contributed by atoms with Crippen molar-refractivity contribution >= 4 is 54.2 Å². The number of hydrogen-bond acceptors (Lipinski definition) is 2. The molecule has 0 fully saturated rings. The first-order valence-electron chi connectivity index (χ1n) is 8.14. The predicted octanol–water partition coefficient (Wildman–Crippen LogP) is 5.55. The second-order valence-electron chi connectivity index (χ2n) is 5.84. The van der Waals surface area contributed by atoms with E-state index in [1.807, 2.05) is 34.9 Å². The van der Waals surface area contributed by atoms with Crippen molar-refractivity contribution in [1.82, 2.24) is 4.57 Å². The summed E-state index contributed by atoms with van der Waals surface area (Å²) in [5.41, 5.74) is 1.64. The van der Waals surface area contributed by atoms with Gasteiger partial charge in [-0.2, -0.15) is 4.99 Å². The standard InChI is InChI=1S/C21H15BrN2OS/c1-2-13-24-18-12-9-14-5-3-4-6-17(14)19(18)26-21(24)23-20(25)15-7-10-16(22)11-8-15/h2-12H,1,13H2. The van der Waals surface area contributed by atoms with Gasteiger partial charge in [0.05, 0.1) is 10.2 Å². The molecule has 0 aliphatic carbocycles. The Kier molecular flexibility index (Phi) is 4.57. The molecule has 0 unspecified atom stereocenters. The fourth-order valence-corrected chi connectivity index (χ4v) is 4.37. The molecule has 0 atom stereocenters. The molecule has 0 radical (unpaired) electrons. The summed E-state index contributed by atoms with van der Waals surface area (Å²) in [4.78, 5) is 17.7. The Morgan fingerprint density at radius 3 is 2.65 bits per heavy atom. The van der Waals surface area contributed by atoms with Crippen LogP contribution in [-0.4, -0.2) is 10.5 Å². The van der Waals surface area contributed by atoms with Crippen molar-refractivity contribution in [2.75, 3.05) is 0 Å². The number of hydrogen-bond donors (Lipinski definition) is 0. The van der Waals surface area contributed by atoms with E-state index in [4.69, 9.17) is 0 Å². The number of nitrogens with zero attached hydrogens (tertiary/aromatic N) is 2. The smallest absolute Gasteiger partial charge is 0.279 e. The molecule has 0 saturated carbocycles. The Hall–Kier alpha value is -2.50. The molecule has 0 spiro atoms. The Morgan fingerprint density at radius 1 is 1.12 bits per heavy atom. The Labute approximate surface area is 163 Å². The van der Waals surface area contributed by atoms with Gasteiger partial charge in [0.2, 0.25) is 0 Å². The van der Waals surface area contributed by atoms with Gasteiger partial charge >= 0.3 is 0 Å². The van der Waals surface area contributed by atoms with E-state index in [1.54, 1.807) is 12.1 Å². The zero-order chi connectivity index (χ0) is 18.1. The Balaban J connectivity index is 1.94. The maximum Gasteiger partial charge on any atom is 0.279 e. The summed E-state index contributed by atoms with van der Waals surface area (Å²) in [5.74, 6) is -0.244. The van der Waals surface area contributed by atoms with Crippen LogP contribution in [0.3, 0.4) is 0 Å². The molecule has 3 nitrogen and oxygen atoms in total. The van der Waals surface area contributed by atoms with Crippen molar-refractivity contribution in [2.45, 2.75) is 6.54 Å². The minimum absolute atomic E-state index is 0.244. The third-order valence-electron chi connectivity index (χ3n) is 4.17. The molecule has 4 aromatic rings. The highest BCUT2D eigenvalue weighted by Crippen LogP contribution is 2.27. The molecule has 1 amide bonds. The maximum absolute atomic E-state index is 12.6. The molecule has 1 aromatic heterocycles. The molecule has 128 valence electrons. The van der Waals surface area contributed by atoms with E-state index in [2.05, 4.69) is 51.8 Å². The van der Waals surface area contributed by atoms with E-state index in [1.165, 1.54) is 22.1 Å². The minimum atomic E-state index is -0.244.